The lowest BCUT2D eigenvalue weighted by molar-refractivity contribution is -0.115. The van der Waals surface area contributed by atoms with Gasteiger partial charge < -0.3 is 10.6 Å². The molecule has 1 aromatic carbocycles. The first kappa shape index (κ1) is 30.0. The summed E-state index contributed by atoms with van der Waals surface area (Å²) < 4.78 is 1.74. The summed E-state index contributed by atoms with van der Waals surface area (Å²) in [6.07, 6.45) is 9.86. The number of benzene rings is 1. The zero-order chi connectivity index (χ0) is 25.1. The molecule has 2 N–H and O–H groups in total. The van der Waals surface area contributed by atoms with Gasteiger partial charge in [0.15, 0.2) is 0 Å². The largest absolute Gasteiger partial charge is 0.323 e. The molecule has 182 valence electrons. The van der Waals surface area contributed by atoms with Gasteiger partial charge in [0.25, 0.3) is 0 Å². The Morgan fingerprint density at radius 2 is 1.55 bits per heavy atom. The predicted molar refractivity (Wildman–Crippen MR) is 141 cm³/mol. The molecule has 0 aliphatic heterocycles. The highest BCUT2D eigenvalue weighted by molar-refractivity contribution is 5.91. The second-order valence-electron chi connectivity index (χ2n) is 7.40. The maximum atomic E-state index is 12.1. The highest BCUT2D eigenvalue weighted by atomic mass is 16.1. The van der Waals surface area contributed by atoms with E-state index < -0.39 is 0 Å². The fourth-order valence-corrected chi connectivity index (χ4v) is 2.64. The minimum absolute atomic E-state index is 0.0736. The van der Waals surface area contributed by atoms with Gasteiger partial charge in [-0.3, -0.25) is 9.48 Å². The Balaban J connectivity index is 0.000000877. The molecule has 0 aliphatic rings. The normalized spacial score (nSPS) is 9.33. The van der Waals surface area contributed by atoms with Gasteiger partial charge in [-0.25, -0.2) is 4.98 Å². The van der Waals surface area contributed by atoms with Crippen LogP contribution in [0.3, 0.4) is 0 Å². The molecule has 0 radical (unpaired) electrons. The van der Waals surface area contributed by atoms with Crippen molar-refractivity contribution in [1.29, 1.82) is 0 Å². The van der Waals surface area contributed by atoms with Gasteiger partial charge in [0.2, 0.25) is 5.91 Å². The third-order valence-electron chi connectivity index (χ3n) is 4.26. The second-order valence-corrected chi connectivity index (χ2v) is 7.40. The van der Waals surface area contributed by atoms with Crippen LogP contribution in [0.15, 0.2) is 55.0 Å². The van der Waals surface area contributed by atoms with Crippen LogP contribution in [0.5, 0.6) is 0 Å². The first-order valence-electron chi connectivity index (χ1n) is 11.8. The molecule has 2 heterocycles. The first-order valence-corrected chi connectivity index (χ1v) is 11.8. The van der Waals surface area contributed by atoms with Gasteiger partial charge in [0.05, 0.1) is 12.6 Å². The molecule has 6 nitrogen and oxygen atoms in total. The molecule has 0 saturated carbocycles. The van der Waals surface area contributed by atoms with E-state index in [0.29, 0.717) is 12.2 Å². The Bertz CT molecular complexity index is 868. The molecule has 0 aliphatic carbocycles. The number of hydrogen-bond donors (Lipinski definition) is 2. The van der Waals surface area contributed by atoms with E-state index >= 15 is 0 Å². The van der Waals surface area contributed by atoms with Gasteiger partial charge in [-0.05, 0) is 38.7 Å². The van der Waals surface area contributed by atoms with Crippen molar-refractivity contribution >= 4 is 11.7 Å². The molecule has 0 spiro atoms. The van der Waals surface area contributed by atoms with E-state index in [1.165, 1.54) is 24.8 Å². The van der Waals surface area contributed by atoms with Gasteiger partial charge in [0.1, 0.15) is 5.82 Å². The number of nitrogens with one attached hydrogen (secondary N) is 2. The molecule has 0 unspecified atom stereocenters. The lowest BCUT2D eigenvalue weighted by atomic mass is 10.1. The quantitative estimate of drug-likeness (QED) is 0.478. The van der Waals surface area contributed by atoms with E-state index in [2.05, 4.69) is 34.6 Å². The Kier molecular flexibility index (Phi) is 16.9. The molecule has 1 amide bonds. The van der Waals surface area contributed by atoms with Crippen LogP contribution in [0, 0.1) is 6.92 Å². The summed E-state index contributed by atoms with van der Waals surface area (Å²) in [7, 11) is 5.62. The smallest absolute Gasteiger partial charge is 0.229 e. The molecule has 3 aromatic rings. The van der Waals surface area contributed by atoms with E-state index in [0.717, 1.165) is 16.7 Å². The van der Waals surface area contributed by atoms with Gasteiger partial charge in [-0.15, -0.1) is 0 Å². The zero-order valence-electron chi connectivity index (χ0n) is 21.8. The maximum absolute atomic E-state index is 12.1. The average Bonchev–Trinajstić information content (AvgIpc) is 3.25. The number of carbonyl (C=O) groups is 1. The standard InChI is InChI=1S/C18H18N4O.C5H12.C2H7N.C2H6/c1-13-3-5-14(6-4-13)9-18(23)21-17-8-7-15(10-19-17)16-11-20-22(2)12-16;1-3-5-4-2;1-3-2;1-2/h3-8,10-12H,9H2,1-2H3,(H,19,21,23);3-5H2,1-2H3;3H,1-2H3;1-2H3. The SMILES string of the molecule is CC.CCCCC.CNC.Cc1ccc(CC(=O)Nc2ccc(-c3cnn(C)c3)cn2)cc1. The molecule has 2 aromatic heterocycles. The fourth-order valence-electron chi connectivity index (χ4n) is 2.64. The summed E-state index contributed by atoms with van der Waals surface area (Å²) in [4.78, 5) is 16.4. The van der Waals surface area contributed by atoms with Crippen molar-refractivity contribution in [2.24, 2.45) is 7.05 Å². The van der Waals surface area contributed by atoms with Crippen molar-refractivity contribution in [3.8, 4) is 11.1 Å². The predicted octanol–water partition coefficient (Wildman–Crippen LogP) is 6.03. The van der Waals surface area contributed by atoms with Crippen molar-refractivity contribution < 1.29 is 4.79 Å². The van der Waals surface area contributed by atoms with Crippen LogP contribution >= 0.6 is 0 Å². The monoisotopic (exact) mass is 453 g/mol. The number of carbonyl (C=O) groups excluding carboxylic acids is 1. The topological polar surface area (TPSA) is 71.8 Å². The molecule has 0 atom stereocenters. The number of aromatic nitrogens is 3. The summed E-state index contributed by atoms with van der Waals surface area (Å²) in [5.74, 6) is 0.477. The third kappa shape index (κ3) is 13.2. The van der Waals surface area contributed by atoms with Crippen LogP contribution in [0.25, 0.3) is 11.1 Å². The van der Waals surface area contributed by atoms with E-state index in [4.69, 9.17) is 0 Å². The highest BCUT2D eigenvalue weighted by Gasteiger charge is 2.06. The molecule has 33 heavy (non-hydrogen) atoms. The van der Waals surface area contributed by atoms with Gasteiger partial charge in [-0.1, -0.05) is 76.8 Å². The van der Waals surface area contributed by atoms with E-state index in [1.54, 1.807) is 23.1 Å². The minimum atomic E-state index is -0.0736. The van der Waals surface area contributed by atoms with Crippen LogP contribution in [0.1, 0.15) is 58.1 Å². The van der Waals surface area contributed by atoms with Crippen LogP contribution in [-0.4, -0.2) is 34.8 Å². The second kappa shape index (κ2) is 18.6. The summed E-state index contributed by atoms with van der Waals surface area (Å²) >= 11 is 0. The van der Waals surface area contributed by atoms with E-state index in [-0.39, 0.29) is 5.91 Å². The molecule has 6 heteroatoms. The fraction of sp³-hybridized carbons (Fsp3) is 0.444. The van der Waals surface area contributed by atoms with E-state index in [1.807, 2.05) is 78.4 Å². The van der Waals surface area contributed by atoms with Crippen molar-refractivity contribution in [2.75, 3.05) is 19.4 Å². The molecule has 0 fully saturated rings. The van der Waals surface area contributed by atoms with Gasteiger partial charge >= 0.3 is 0 Å². The Labute approximate surface area is 200 Å². The number of rotatable bonds is 6. The van der Waals surface area contributed by atoms with Crippen LogP contribution in [-0.2, 0) is 18.3 Å². The van der Waals surface area contributed by atoms with Crippen LogP contribution < -0.4 is 10.6 Å². The summed E-state index contributed by atoms with van der Waals surface area (Å²) in [5, 5.41) is 9.70. The Morgan fingerprint density at radius 1 is 0.939 bits per heavy atom. The zero-order valence-corrected chi connectivity index (χ0v) is 21.8. The first-order chi connectivity index (χ1) is 15.9. The summed E-state index contributed by atoms with van der Waals surface area (Å²) in [5.41, 5.74) is 4.13. The van der Waals surface area contributed by atoms with Crippen LogP contribution in [0.4, 0.5) is 5.82 Å². The van der Waals surface area contributed by atoms with Crippen molar-refractivity contribution in [3.63, 3.8) is 0 Å². The molecule has 0 bridgehead atoms. The lowest BCUT2D eigenvalue weighted by Gasteiger charge is -2.05. The number of hydrogen-bond acceptors (Lipinski definition) is 4. The van der Waals surface area contributed by atoms with Crippen molar-refractivity contribution in [3.05, 3.63) is 66.1 Å². The van der Waals surface area contributed by atoms with Crippen molar-refractivity contribution in [1.82, 2.24) is 20.1 Å². The maximum Gasteiger partial charge on any atom is 0.229 e. The number of anilines is 1. The van der Waals surface area contributed by atoms with Gasteiger partial charge in [-0.2, -0.15) is 5.10 Å². The Morgan fingerprint density at radius 3 is 1.97 bits per heavy atom. The summed E-state index contributed by atoms with van der Waals surface area (Å²) in [6, 6.07) is 11.7. The summed E-state index contributed by atoms with van der Waals surface area (Å²) in [6.45, 7) is 10.4. The lowest BCUT2D eigenvalue weighted by Crippen LogP contribution is -2.15. The minimum Gasteiger partial charge on any atom is -0.323 e. The van der Waals surface area contributed by atoms with Crippen LogP contribution in [0.2, 0.25) is 0 Å². The van der Waals surface area contributed by atoms with Gasteiger partial charge in [0, 0.05) is 30.6 Å². The molecule has 3 rings (SSSR count). The molecular formula is C27H43N5O. The number of aryl methyl sites for hydroxylation is 2. The number of nitrogens with zero attached hydrogens (tertiary/aromatic N) is 3. The third-order valence-corrected chi connectivity index (χ3v) is 4.26. The molecule has 0 saturated heterocycles. The number of pyridine rings is 1. The van der Waals surface area contributed by atoms with E-state index in [9.17, 15) is 4.79 Å². The highest BCUT2D eigenvalue weighted by Crippen LogP contribution is 2.18. The molecular weight excluding hydrogens is 410 g/mol. The van der Waals surface area contributed by atoms with Crippen molar-refractivity contribution in [2.45, 2.75) is 60.3 Å². The number of amides is 1. The number of unbranched alkanes of at least 4 members (excludes halogenated alkanes) is 2. The average molecular weight is 454 g/mol. The Hall–Kier alpha value is -2.99.